The van der Waals surface area contributed by atoms with E-state index in [0.717, 1.165) is 0 Å². The third-order valence-corrected chi connectivity index (χ3v) is 7.23. The minimum atomic E-state index is -3.97. The molecule has 0 fully saturated rings. The van der Waals surface area contributed by atoms with E-state index in [0.29, 0.717) is 5.56 Å². The van der Waals surface area contributed by atoms with Gasteiger partial charge in [0.05, 0.1) is 0 Å². The van der Waals surface area contributed by atoms with Crippen molar-refractivity contribution in [1.29, 1.82) is 0 Å². The van der Waals surface area contributed by atoms with Crippen molar-refractivity contribution in [3.63, 3.8) is 0 Å². The van der Waals surface area contributed by atoms with Crippen molar-refractivity contribution in [2.24, 2.45) is 0 Å². The van der Waals surface area contributed by atoms with E-state index < -0.39 is 24.7 Å². The Morgan fingerprint density at radius 1 is 0.929 bits per heavy atom. The summed E-state index contributed by atoms with van der Waals surface area (Å²) in [7, 11) is -7.84. The van der Waals surface area contributed by atoms with Gasteiger partial charge >= 0.3 is 10.1 Å². The molecule has 0 spiro atoms. The van der Waals surface area contributed by atoms with Crippen LogP contribution in [0.4, 0.5) is 0 Å². The number of halogens is 1. The van der Waals surface area contributed by atoms with Crippen LogP contribution in [0.3, 0.4) is 0 Å². The van der Waals surface area contributed by atoms with E-state index in [-0.39, 0.29) is 22.8 Å². The molecule has 1 atom stereocenters. The van der Waals surface area contributed by atoms with Gasteiger partial charge in [-0.2, -0.15) is 16.8 Å². The van der Waals surface area contributed by atoms with Gasteiger partial charge in [-0.1, -0.05) is 48.5 Å². The minimum Gasteiger partial charge on any atom is -0.379 e. The molecule has 1 aliphatic carbocycles. The second-order valence-corrected chi connectivity index (χ2v) is 10.5. The SMILES string of the molecule is O=S(=O)(Cc1ccccc1)OC1(Br)C=CC(OS(=O)(=O)c2ccccc2)=CC1. The van der Waals surface area contributed by atoms with Crippen LogP contribution < -0.4 is 0 Å². The molecular formula is C19H17BrO6S2. The molecular weight excluding hydrogens is 468 g/mol. The molecule has 0 aromatic heterocycles. The van der Waals surface area contributed by atoms with Gasteiger partial charge in [0, 0.05) is 6.42 Å². The maximum absolute atomic E-state index is 12.3. The molecule has 6 nitrogen and oxygen atoms in total. The molecule has 148 valence electrons. The Morgan fingerprint density at radius 3 is 2.11 bits per heavy atom. The maximum Gasteiger partial charge on any atom is 0.339 e. The summed E-state index contributed by atoms with van der Waals surface area (Å²) in [5.74, 6) is -0.187. The van der Waals surface area contributed by atoms with Crippen molar-refractivity contribution >= 4 is 36.2 Å². The third-order valence-electron chi connectivity index (χ3n) is 3.77. The number of alkyl halides is 1. The molecule has 1 unspecified atom stereocenters. The fourth-order valence-corrected chi connectivity index (χ4v) is 5.55. The number of hydrogen-bond acceptors (Lipinski definition) is 6. The Hall–Kier alpha value is -1.94. The van der Waals surface area contributed by atoms with Crippen molar-refractivity contribution in [3.05, 3.63) is 90.2 Å². The summed E-state index contributed by atoms with van der Waals surface area (Å²) in [5.41, 5.74) is 0.604. The molecule has 2 aromatic rings. The first-order valence-corrected chi connectivity index (χ1v) is 12.0. The van der Waals surface area contributed by atoms with Crippen LogP contribution in [0.2, 0.25) is 0 Å². The zero-order valence-corrected chi connectivity index (χ0v) is 17.8. The summed E-state index contributed by atoms with van der Waals surface area (Å²) < 4.78 is 58.3. The van der Waals surface area contributed by atoms with Crippen LogP contribution in [-0.2, 0) is 34.4 Å². The summed E-state index contributed by atoms with van der Waals surface area (Å²) in [6.07, 6.45) is 4.28. The highest BCUT2D eigenvalue weighted by Gasteiger charge is 2.33. The first-order valence-electron chi connectivity index (χ1n) is 8.23. The standard InChI is InChI=1S/C19H17BrO6S2/c20-19(26-27(21,22)15-16-7-3-1-4-8-16)13-11-17(12-14-19)25-28(23,24)18-9-5-2-6-10-18/h1-13H,14-15H2. The van der Waals surface area contributed by atoms with Gasteiger partial charge in [0.1, 0.15) is 16.4 Å². The molecule has 0 aliphatic heterocycles. The van der Waals surface area contributed by atoms with E-state index in [2.05, 4.69) is 15.9 Å². The van der Waals surface area contributed by atoms with E-state index in [1.54, 1.807) is 48.5 Å². The predicted octanol–water partition coefficient (Wildman–Crippen LogP) is 3.87. The van der Waals surface area contributed by atoms with Gasteiger partial charge in [-0.3, -0.25) is 0 Å². The predicted molar refractivity (Wildman–Crippen MR) is 108 cm³/mol. The second kappa shape index (κ2) is 8.20. The Morgan fingerprint density at radius 2 is 1.54 bits per heavy atom. The summed E-state index contributed by atoms with van der Waals surface area (Å²) in [5, 5.41) is 0. The molecule has 28 heavy (non-hydrogen) atoms. The van der Waals surface area contributed by atoms with Crippen LogP contribution >= 0.6 is 15.9 Å². The van der Waals surface area contributed by atoms with E-state index in [4.69, 9.17) is 8.37 Å². The lowest BCUT2D eigenvalue weighted by atomic mass is 10.1. The van der Waals surface area contributed by atoms with Crippen molar-refractivity contribution in [2.75, 3.05) is 0 Å². The largest absolute Gasteiger partial charge is 0.379 e. The summed E-state index contributed by atoms with van der Waals surface area (Å²) >= 11 is 3.26. The molecule has 0 saturated carbocycles. The molecule has 0 bridgehead atoms. The van der Waals surface area contributed by atoms with Crippen molar-refractivity contribution in [1.82, 2.24) is 0 Å². The van der Waals surface area contributed by atoms with Crippen molar-refractivity contribution < 1.29 is 25.2 Å². The first-order chi connectivity index (χ1) is 13.2. The summed E-state index contributed by atoms with van der Waals surface area (Å²) in [4.78, 5) is 0.0293. The topological polar surface area (TPSA) is 86.7 Å². The number of allylic oxidation sites excluding steroid dienone is 1. The number of benzene rings is 2. The highest BCUT2D eigenvalue weighted by atomic mass is 79.9. The van der Waals surface area contributed by atoms with Gasteiger partial charge in [0.15, 0.2) is 4.51 Å². The molecule has 0 N–H and O–H groups in total. The van der Waals surface area contributed by atoms with E-state index >= 15 is 0 Å². The highest BCUT2D eigenvalue weighted by molar-refractivity contribution is 9.10. The minimum absolute atomic E-state index is 0.0293. The maximum atomic E-state index is 12.3. The summed E-state index contributed by atoms with van der Waals surface area (Å²) in [6, 6.07) is 16.4. The van der Waals surface area contributed by atoms with Gasteiger partial charge in [-0.15, -0.1) is 0 Å². The quantitative estimate of drug-likeness (QED) is 0.437. The van der Waals surface area contributed by atoms with E-state index in [9.17, 15) is 16.8 Å². The smallest absolute Gasteiger partial charge is 0.339 e. The molecule has 0 heterocycles. The van der Waals surface area contributed by atoms with Crippen LogP contribution in [0, 0.1) is 0 Å². The fourth-order valence-electron chi connectivity index (χ4n) is 2.49. The average Bonchev–Trinajstić information content (AvgIpc) is 2.64. The van der Waals surface area contributed by atoms with Gasteiger partial charge in [0.2, 0.25) is 0 Å². The van der Waals surface area contributed by atoms with Crippen LogP contribution in [0.5, 0.6) is 0 Å². The number of rotatable bonds is 7. The Balaban J connectivity index is 1.66. The van der Waals surface area contributed by atoms with Crippen LogP contribution in [-0.4, -0.2) is 21.3 Å². The normalized spacial score (nSPS) is 19.8. The lowest BCUT2D eigenvalue weighted by Gasteiger charge is -2.25. The van der Waals surface area contributed by atoms with Crippen molar-refractivity contribution in [2.45, 2.75) is 21.6 Å². The second-order valence-electron chi connectivity index (χ2n) is 6.05. The van der Waals surface area contributed by atoms with Crippen LogP contribution in [0.15, 0.2) is 89.5 Å². The average molecular weight is 485 g/mol. The Labute approximate surface area is 172 Å². The van der Waals surface area contributed by atoms with Gasteiger partial charge in [-0.05, 0) is 51.9 Å². The molecule has 1 aliphatic rings. The van der Waals surface area contributed by atoms with Crippen LogP contribution in [0.25, 0.3) is 0 Å². The molecule has 3 rings (SSSR count). The van der Waals surface area contributed by atoms with E-state index in [1.165, 1.54) is 30.4 Å². The first kappa shape index (κ1) is 20.8. The van der Waals surface area contributed by atoms with Gasteiger partial charge in [0.25, 0.3) is 10.1 Å². The van der Waals surface area contributed by atoms with Gasteiger partial charge < -0.3 is 4.18 Å². The van der Waals surface area contributed by atoms with E-state index in [1.807, 2.05) is 0 Å². The number of hydrogen-bond donors (Lipinski definition) is 0. The molecule has 0 amide bonds. The molecule has 2 aromatic carbocycles. The zero-order chi connectivity index (χ0) is 20.3. The monoisotopic (exact) mass is 484 g/mol. The molecule has 0 radical (unpaired) electrons. The third kappa shape index (κ3) is 5.54. The fraction of sp³-hybridized carbons (Fsp3) is 0.158. The molecule has 9 heteroatoms. The summed E-state index contributed by atoms with van der Waals surface area (Å²) in [6.45, 7) is 0. The van der Waals surface area contributed by atoms with Gasteiger partial charge in [-0.25, -0.2) is 4.18 Å². The zero-order valence-electron chi connectivity index (χ0n) is 14.6. The van der Waals surface area contributed by atoms with Crippen LogP contribution in [0.1, 0.15) is 12.0 Å². The lowest BCUT2D eigenvalue weighted by molar-refractivity contribution is 0.228. The molecule has 0 saturated heterocycles. The Kier molecular flexibility index (Phi) is 6.09. The van der Waals surface area contributed by atoms with Crippen molar-refractivity contribution in [3.8, 4) is 0 Å². The highest BCUT2D eigenvalue weighted by Crippen LogP contribution is 2.34. The Bertz CT molecular complexity index is 1090. The lowest BCUT2D eigenvalue weighted by Crippen LogP contribution is -2.28.